The van der Waals surface area contributed by atoms with E-state index in [2.05, 4.69) is 49.1 Å². The molecule has 88 valence electrons. The summed E-state index contributed by atoms with van der Waals surface area (Å²) in [6, 6.07) is 11.0. The third-order valence-electron chi connectivity index (χ3n) is 3.64. The van der Waals surface area contributed by atoms with E-state index in [1.165, 1.54) is 5.56 Å². The van der Waals surface area contributed by atoms with Crippen molar-refractivity contribution in [1.82, 2.24) is 4.90 Å². The van der Waals surface area contributed by atoms with Crippen molar-refractivity contribution in [3.05, 3.63) is 35.9 Å². The maximum absolute atomic E-state index is 6.14. The Morgan fingerprint density at radius 3 is 2.62 bits per heavy atom. The molecule has 1 atom stereocenters. The molecule has 2 nitrogen and oxygen atoms in total. The monoisotopic (exact) mass is 218 g/mol. The Kier molecular flexibility index (Phi) is 3.31. The molecule has 1 aliphatic rings. The first-order valence-electron chi connectivity index (χ1n) is 6.10. The molecule has 2 heteroatoms. The molecule has 1 fully saturated rings. The fourth-order valence-electron chi connectivity index (χ4n) is 2.46. The lowest BCUT2D eigenvalue weighted by Gasteiger charge is -2.42. The van der Waals surface area contributed by atoms with Crippen LogP contribution in [-0.4, -0.2) is 24.0 Å². The number of piperidine rings is 1. The lowest BCUT2D eigenvalue weighted by Crippen LogP contribution is -2.52. The summed E-state index contributed by atoms with van der Waals surface area (Å²) in [5.41, 5.74) is 7.78. The highest BCUT2D eigenvalue weighted by atomic mass is 15.1. The molecule has 0 unspecified atom stereocenters. The largest absolute Gasteiger partial charge is 0.327 e. The zero-order chi connectivity index (χ0) is 11.6. The first-order valence-corrected chi connectivity index (χ1v) is 6.10. The molecule has 0 amide bonds. The molecule has 0 saturated carbocycles. The lowest BCUT2D eigenvalue weighted by molar-refractivity contribution is 0.0899. The molecule has 0 spiro atoms. The van der Waals surface area contributed by atoms with Gasteiger partial charge in [-0.1, -0.05) is 44.2 Å². The summed E-state index contributed by atoms with van der Waals surface area (Å²) in [4.78, 5) is 2.51. The number of hydrogen-bond donors (Lipinski definition) is 1. The first-order chi connectivity index (χ1) is 7.58. The SMILES string of the molecule is CC1(C)CN(Cc2ccccc2)CC[C@H]1N. The van der Waals surface area contributed by atoms with E-state index in [1.54, 1.807) is 0 Å². The van der Waals surface area contributed by atoms with E-state index < -0.39 is 0 Å². The molecule has 0 radical (unpaired) electrons. The van der Waals surface area contributed by atoms with Crippen LogP contribution in [0.1, 0.15) is 25.8 Å². The summed E-state index contributed by atoms with van der Waals surface area (Å²) in [5.74, 6) is 0. The Morgan fingerprint density at radius 1 is 1.31 bits per heavy atom. The number of rotatable bonds is 2. The smallest absolute Gasteiger partial charge is 0.0233 e. The van der Waals surface area contributed by atoms with Crippen molar-refractivity contribution in [2.24, 2.45) is 11.1 Å². The third kappa shape index (κ3) is 2.63. The van der Waals surface area contributed by atoms with E-state index in [-0.39, 0.29) is 5.41 Å². The van der Waals surface area contributed by atoms with Crippen LogP contribution in [0.25, 0.3) is 0 Å². The molecule has 0 aliphatic carbocycles. The van der Waals surface area contributed by atoms with Crippen molar-refractivity contribution in [3.63, 3.8) is 0 Å². The first kappa shape index (κ1) is 11.6. The zero-order valence-corrected chi connectivity index (χ0v) is 10.3. The molecular formula is C14H22N2. The van der Waals surface area contributed by atoms with Crippen LogP contribution >= 0.6 is 0 Å². The average molecular weight is 218 g/mol. The quantitative estimate of drug-likeness (QED) is 0.825. The van der Waals surface area contributed by atoms with Gasteiger partial charge in [0.15, 0.2) is 0 Å². The second-order valence-corrected chi connectivity index (χ2v) is 5.58. The standard InChI is InChI=1S/C14H22N2/c1-14(2)11-16(9-8-13(14)15)10-12-6-4-3-5-7-12/h3-7,13H,8-11,15H2,1-2H3/t13-/m1/s1. The van der Waals surface area contributed by atoms with Gasteiger partial charge in [0.05, 0.1) is 0 Å². The third-order valence-corrected chi connectivity index (χ3v) is 3.64. The van der Waals surface area contributed by atoms with Gasteiger partial charge in [-0.3, -0.25) is 4.90 Å². The van der Waals surface area contributed by atoms with Gasteiger partial charge in [-0.15, -0.1) is 0 Å². The summed E-state index contributed by atoms with van der Waals surface area (Å²) < 4.78 is 0. The molecule has 1 saturated heterocycles. The predicted molar refractivity (Wildman–Crippen MR) is 68.1 cm³/mol. The van der Waals surface area contributed by atoms with Crippen LogP contribution in [0.4, 0.5) is 0 Å². The highest BCUT2D eigenvalue weighted by Gasteiger charge is 2.33. The van der Waals surface area contributed by atoms with Gasteiger partial charge >= 0.3 is 0 Å². The molecule has 16 heavy (non-hydrogen) atoms. The summed E-state index contributed by atoms with van der Waals surface area (Å²) in [6.45, 7) is 7.82. The minimum absolute atomic E-state index is 0.243. The summed E-state index contributed by atoms with van der Waals surface area (Å²) in [5, 5.41) is 0. The van der Waals surface area contributed by atoms with Crippen molar-refractivity contribution in [2.75, 3.05) is 13.1 Å². The molecule has 1 aromatic carbocycles. The second kappa shape index (κ2) is 4.56. The van der Waals surface area contributed by atoms with Crippen molar-refractivity contribution >= 4 is 0 Å². The fraction of sp³-hybridized carbons (Fsp3) is 0.571. The minimum Gasteiger partial charge on any atom is -0.327 e. The van der Waals surface area contributed by atoms with Crippen molar-refractivity contribution < 1.29 is 0 Å². The number of hydrogen-bond acceptors (Lipinski definition) is 2. The van der Waals surface area contributed by atoms with Gasteiger partial charge in [-0.05, 0) is 17.4 Å². The second-order valence-electron chi connectivity index (χ2n) is 5.58. The Labute approximate surface area is 98.4 Å². The van der Waals surface area contributed by atoms with Gasteiger partial charge < -0.3 is 5.73 Å². The molecule has 0 bridgehead atoms. The van der Waals surface area contributed by atoms with Crippen LogP contribution in [-0.2, 0) is 6.54 Å². The molecule has 1 aromatic rings. The van der Waals surface area contributed by atoms with Crippen LogP contribution in [0.5, 0.6) is 0 Å². The average Bonchev–Trinajstić information content (AvgIpc) is 2.25. The van der Waals surface area contributed by atoms with Crippen LogP contribution in [0.2, 0.25) is 0 Å². The van der Waals surface area contributed by atoms with Crippen molar-refractivity contribution in [1.29, 1.82) is 0 Å². The maximum Gasteiger partial charge on any atom is 0.0233 e. The van der Waals surface area contributed by atoms with Crippen LogP contribution in [0.3, 0.4) is 0 Å². The fourth-order valence-corrected chi connectivity index (χ4v) is 2.46. The minimum atomic E-state index is 0.243. The van der Waals surface area contributed by atoms with Gasteiger partial charge in [-0.25, -0.2) is 0 Å². The highest BCUT2D eigenvalue weighted by molar-refractivity contribution is 5.14. The summed E-state index contributed by atoms with van der Waals surface area (Å²) in [6.07, 6.45) is 1.11. The Morgan fingerprint density at radius 2 is 2.00 bits per heavy atom. The van der Waals surface area contributed by atoms with E-state index in [9.17, 15) is 0 Å². The number of nitrogens with zero attached hydrogens (tertiary/aromatic N) is 1. The normalized spacial score (nSPS) is 25.6. The Bertz CT molecular complexity index is 332. The van der Waals surface area contributed by atoms with Gasteiger partial charge in [0, 0.05) is 25.7 Å². The van der Waals surface area contributed by atoms with Gasteiger partial charge in [0.2, 0.25) is 0 Å². The maximum atomic E-state index is 6.14. The Hall–Kier alpha value is -0.860. The zero-order valence-electron chi connectivity index (χ0n) is 10.3. The molecule has 1 aliphatic heterocycles. The molecule has 0 aromatic heterocycles. The van der Waals surface area contributed by atoms with E-state index in [1.807, 2.05) is 0 Å². The van der Waals surface area contributed by atoms with Crippen LogP contribution in [0.15, 0.2) is 30.3 Å². The van der Waals surface area contributed by atoms with Gasteiger partial charge in [0.1, 0.15) is 0 Å². The molecular weight excluding hydrogens is 196 g/mol. The molecule has 2 N–H and O–H groups in total. The van der Waals surface area contributed by atoms with Crippen molar-refractivity contribution in [3.8, 4) is 0 Å². The van der Waals surface area contributed by atoms with E-state index in [0.717, 1.165) is 26.1 Å². The number of likely N-dealkylation sites (tertiary alicyclic amines) is 1. The van der Waals surface area contributed by atoms with E-state index in [4.69, 9.17) is 5.73 Å². The number of benzene rings is 1. The molecule has 1 heterocycles. The van der Waals surface area contributed by atoms with E-state index in [0.29, 0.717) is 6.04 Å². The summed E-state index contributed by atoms with van der Waals surface area (Å²) in [7, 11) is 0. The van der Waals surface area contributed by atoms with E-state index >= 15 is 0 Å². The van der Waals surface area contributed by atoms with Crippen molar-refractivity contribution in [2.45, 2.75) is 32.9 Å². The molecule has 2 rings (SSSR count). The van der Waals surface area contributed by atoms with Crippen LogP contribution in [0, 0.1) is 5.41 Å². The lowest BCUT2D eigenvalue weighted by atomic mass is 9.79. The van der Waals surface area contributed by atoms with Crippen LogP contribution < -0.4 is 5.73 Å². The number of nitrogens with two attached hydrogens (primary N) is 1. The van der Waals surface area contributed by atoms with Gasteiger partial charge in [0.25, 0.3) is 0 Å². The van der Waals surface area contributed by atoms with Gasteiger partial charge in [-0.2, -0.15) is 0 Å². The topological polar surface area (TPSA) is 29.3 Å². The Balaban J connectivity index is 1.97. The highest BCUT2D eigenvalue weighted by Crippen LogP contribution is 2.28. The predicted octanol–water partition coefficient (Wildman–Crippen LogP) is 2.25. The summed E-state index contributed by atoms with van der Waals surface area (Å²) >= 11 is 0.